The summed E-state index contributed by atoms with van der Waals surface area (Å²) in [6.45, 7) is 5.68. The smallest absolute Gasteiger partial charge is 0.213 e. The molecule has 0 aromatic carbocycles. The quantitative estimate of drug-likeness (QED) is 0.774. The van der Waals surface area contributed by atoms with Gasteiger partial charge in [0.1, 0.15) is 17.7 Å². The molecule has 1 saturated heterocycles. The molecule has 9 nitrogen and oxygen atoms in total. The van der Waals surface area contributed by atoms with Gasteiger partial charge in [-0.15, -0.1) is 0 Å². The van der Waals surface area contributed by atoms with Gasteiger partial charge in [0.2, 0.25) is 10.0 Å². The summed E-state index contributed by atoms with van der Waals surface area (Å²) in [6.07, 6.45) is 6.57. The van der Waals surface area contributed by atoms with Crippen molar-refractivity contribution in [2.24, 2.45) is 0 Å². The van der Waals surface area contributed by atoms with Crippen molar-refractivity contribution >= 4 is 15.8 Å². The highest BCUT2D eigenvalue weighted by Crippen LogP contribution is 2.35. The molecule has 0 amide bonds. The Balaban J connectivity index is 1.87. The van der Waals surface area contributed by atoms with E-state index in [-0.39, 0.29) is 25.3 Å². The van der Waals surface area contributed by atoms with E-state index in [0.717, 1.165) is 5.56 Å². The van der Waals surface area contributed by atoms with Crippen LogP contribution in [0, 0.1) is 11.3 Å². The molecule has 1 N–H and O–H groups in total. The molecule has 3 heterocycles. The van der Waals surface area contributed by atoms with Gasteiger partial charge in [-0.1, -0.05) is 6.58 Å². The van der Waals surface area contributed by atoms with Gasteiger partial charge in [0.05, 0.1) is 30.1 Å². The lowest BCUT2D eigenvalue weighted by molar-refractivity contribution is 0.0719. The van der Waals surface area contributed by atoms with Crippen LogP contribution in [0.4, 0.5) is 5.82 Å². The Labute approximate surface area is 152 Å². The molecule has 3 rings (SSSR count). The molecule has 0 saturated carbocycles. The molecule has 2 aromatic rings. The molecule has 0 bridgehead atoms. The number of nitrogens with one attached hydrogen (secondary N) is 1. The fourth-order valence-electron chi connectivity index (χ4n) is 2.89. The van der Waals surface area contributed by atoms with Crippen molar-refractivity contribution in [3.8, 4) is 17.3 Å². The van der Waals surface area contributed by atoms with E-state index >= 15 is 0 Å². The summed E-state index contributed by atoms with van der Waals surface area (Å²) in [5, 5.41) is 16.5. The molecule has 1 aliphatic rings. The van der Waals surface area contributed by atoms with Crippen LogP contribution in [0.25, 0.3) is 11.3 Å². The van der Waals surface area contributed by atoms with Gasteiger partial charge in [-0.3, -0.25) is 4.68 Å². The van der Waals surface area contributed by atoms with Gasteiger partial charge in [0, 0.05) is 30.9 Å². The molecule has 1 fully saturated rings. The highest BCUT2D eigenvalue weighted by Gasteiger charge is 2.49. The Bertz CT molecular complexity index is 955. The normalized spacial score (nSPS) is 16.5. The van der Waals surface area contributed by atoms with Crippen LogP contribution in [-0.2, 0) is 15.6 Å². The van der Waals surface area contributed by atoms with Crippen molar-refractivity contribution in [3.05, 3.63) is 37.6 Å². The molecule has 0 aliphatic carbocycles. The van der Waals surface area contributed by atoms with E-state index in [4.69, 9.17) is 0 Å². The van der Waals surface area contributed by atoms with Gasteiger partial charge < -0.3 is 5.32 Å². The van der Waals surface area contributed by atoms with Crippen molar-refractivity contribution in [2.75, 3.05) is 24.2 Å². The van der Waals surface area contributed by atoms with E-state index in [1.54, 1.807) is 30.1 Å². The van der Waals surface area contributed by atoms with E-state index in [9.17, 15) is 13.7 Å². The molecular weight excluding hydrogens is 354 g/mol. The van der Waals surface area contributed by atoms with Gasteiger partial charge in [-0.2, -0.15) is 14.7 Å². The van der Waals surface area contributed by atoms with E-state index in [2.05, 4.69) is 33.0 Å². The lowest BCUT2D eigenvalue weighted by Crippen LogP contribution is -2.64. The lowest BCUT2D eigenvalue weighted by Gasteiger charge is -2.47. The number of hydrogen-bond donors (Lipinski definition) is 1. The summed E-state index contributed by atoms with van der Waals surface area (Å²) in [5.41, 5.74) is 0.776. The number of anilines is 1. The Hall–Kier alpha value is -2.77. The summed E-state index contributed by atoms with van der Waals surface area (Å²) in [7, 11) is -3.27. The van der Waals surface area contributed by atoms with E-state index in [1.165, 1.54) is 16.8 Å². The minimum absolute atomic E-state index is 0.0417. The first-order valence-corrected chi connectivity index (χ1v) is 9.65. The van der Waals surface area contributed by atoms with Crippen LogP contribution in [0.1, 0.15) is 13.3 Å². The topological polar surface area (TPSA) is 117 Å². The molecular formula is C16H19N7O2S. The zero-order valence-corrected chi connectivity index (χ0v) is 15.1. The number of nitriles is 1. The molecule has 1 aliphatic heterocycles. The molecule has 0 unspecified atom stereocenters. The molecule has 0 radical (unpaired) electrons. The first-order valence-electron chi connectivity index (χ1n) is 8.04. The van der Waals surface area contributed by atoms with Crippen LogP contribution in [-0.4, -0.2) is 51.3 Å². The Morgan fingerprint density at radius 2 is 2.23 bits per heavy atom. The third kappa shape index (κ3) is 3.18. The van der Waals surface area contributed by atoms with Gasteiger partial charge in [0.25, 0.3) is 0 Å². The van der Waals surface area contributed by atoms with Crippen molar-refractivity contribution in [2.45, 2.75) is 18.9 Å². The maximum Gasteiger partial charge on any atom is 0.213 e. The number of aromatic nitrogens is 4. The fraction of sp³-hybridized carbons (Fsp3) is 0.375. The summed E-state index contributed by atoms with van der Waals surface area (Å²) >= 11 is 0. The molecule has 26 heavy (non-hydrogen) atoms. The zero-order chi connectivity index (χ0) is 18.8. The number of nitrogens with zero attached hydrogens (tertiary/aromatic N) is 6. The van der Waals surface area contributed by atoms with Crippen molar-refractivity contribution in [1.82, 2.24) is 24.1 Å². The Morgan fingerprint density at radius 3 is 2.88 bits per heavy atom. The summed E-state index contributed by atoms with van der Waals surface area (Å²) in [4.78, 5) is 8.31. The Kier molecular flexibility index (Phi) is 4.76. The highest BCUT2D eigenvalue weighted by atomic mass is 32.2. The third-order valence-corrected chi connectivity index (χ3v) is 6.16. The second kappa shape index (κ2) is 6.86. The minimum Gasteiger partial charge on any atom is -0.347 e. The highest BCUT2D eigenvalue weighted by molar-refractivity contribution is 7.89. The number of sulfonamides is 1. The maximum atomic E-state index is 12.0. The summed E-state index contributed by atoms with van der Waals surface area (Å²) in [6, 6.07) is 3.90. The standard InChI is InChI=1S/C16H19N7O2S/c1-3-18-15-7-14(19-12-20-15)13-8-21-23(9-13)16(5-6-17)10-22(11-16)26(24,25)4-2/h3,7-9,12H,1,4-5,10-11H2,2H3,(H,18,19,20). The van der Waals surface area contributed by atoms with Crippen molar-refractivity contribution in [3.63, 3.8) is 0 Å². The van der Waals surface area contributed by atoms with Gasteiger partial charge in [-0.25, -0.2) is 18.4 Å². The average Bonchev–Trinajstić information content (AvgIpc) is 3.08. The predicted molar refractivity (Wildman–Crippen MR) is 96.3 cm³/mol. The van der Waals surface area contributed by atoms with Crippen molar-refractivity contribution < 1.29 is 8.42 Å². The SMILES string of the molecule is C=CNc1cc(-c2cnn(C3(CC#N)CN(S(=O)(=O)CC)C3)c2)ncn1. The van der Waals surface area contributed by atoms with Crippen LogP contribution >= 0.6 is 0 Å². The van der Waals surface area contributed by atoms with Crippen LogP contribution < -0.4 is 5.32 Å². The Morgan fingerprint density at radius 1 is 1.46 bits per heavy atom. The first kappa shape index (κ1) is 18.0. The second-order valence-electron chi connectivity index (χ2n) is 6.04. The summed E-state index contributed by atoms with van der Waals surface area (Å²) in [5.74, 6) is 0.647. The van der Waals surface area contributed by atoms with Crippen LogP contribution in [0.3, 0.4) is 0 Å². The molecule has 0 spiro atoms. The van der Waals surface area contributed by atoms with Crippen LogP contribution in [0.15, 0.2) is 37.6 Å². The predicted octanol–water partition coefficient (Wildman–Crippen LogP) is 1.17. The van der Waals surface area contributed by atoms with E-state index in [0.29, 0.717) is 11.5 Å². The van der Waals surface area contributed by atoms with Gasteiger partial charge in [-0.05, 0) is 13.1 Å². The lowest BCUT2D eigenvalue weighted by atomic mass is 9.89. The molecule has 136 valence electrons. The monoisotopic (exact) mass is 373 g/mol. The van der Waals surface area contributed by atoms with Crippen LogP contribution in [0.2, 0.25) is 0 Å². The minimum atomic E-state index is -3.27. The molecule has 10 heteroatoms. The summed E-state index contributed by atoms with van der Waals surface area (Å²) < 4.78 is 27.1. The molecule has 0 atom stereocenters. The number of rotatable bonds is 7. The first-order chi connectivity index (χ1) is 12.4. The maximum absolute atomic E-state index is 12.0. The number of hydrogen-bond acceptors (Lipinski definition) is 7. The van der Waals surface area contributed by atoms with Crippen molar-refractivity contribution in [1.29, 1.82) is 5.26 Å². The molecule has 2 aromatic heterocycles. The fourth-order valence-corrected chi connectivity index (χ4v) is 4.13. The third-order valence-electron chi connectivity index (χ3n) is 4.39. The zero-order valence-electron chi connectivity index (χ0n) is 14.3. The second-order valence-corrected chi connectivity index (χ2v) is 8.30. The van der Waals surface area contributed by atoms with Crippen LogP contribution in [0.5, 0.6) is 0 Å². The van der Waals surface area contributed by atoms with Gasteiger partial charge >= 0.3 is 0 Å². The van der Waals surface area contributed by atoms with E-state index in [1.807, 2.05) is 0 Å². The van der Waals surface area contributed by atoms with E-state index < -0.39 is 15.6 Å². The largest absolute Gasteiger partial charge is 0.347 e. The average molecular weight is 373 g/mol. The van der Waals surface area contributed by atoms with Gasteiger partial charge in [0.15, 0.2) is 0 Å².